The molecule has 0 aliphatic heterocycles. The van der Waals surface area contributed by atoms with Crippen molar-refractivity contribution >= 4 is 21.8 Å². The zero-order valence-electron chi connectivity index (χ0n) is 14.1. The van der Waals surface area contributed by atoms with Crippen LogP contribution in [0.25, 0.3) is 0 Å². The van der Waals surface area contributed by atoms with Crippen molar-refractivity contribution in [2.45, 2.75) is 25.9 Å². The zero-order chi connectivity index (χ0) is 17.7. The van der Waals surface area contributed by atoms with E-state index in [9.17, 15) is 9.18 Å². The van der Waals surface area contributed by atoms with E-state index in [-0.39, 0.29) is 30.4 Å². The third-order valence-electron chi connectivity index (χ3n) is 4.26. The van der Waals surface area contributed by atoms with E-state index in [0.717, 1.165) is 15.6 Å². The Morgan fingerprint density at radius 2 is 1.79 bits per heavy atom. The highest BCUT2D eigenvalue weighted by molar-refractivity contribution is 9.10. The summed E-state index contributed by atoms with van der Waals surface area (Å²) >= 11 is 3.53. The molecule has 2 rings (SSSR count). The maximum Gasteiger partial charge on any atom is 0.236 e. The van der Waals surface area contributed by atoms with E-state index in [1.54, 1.807) is 24.1 Å². The minimum absolute atomic E-state index is 0.00858. The second-order valence-corrected chi connectivity index (χ2v) is 6.71. The molecule has 24 heavy (non-hydrogen) atoms. The predicted octanol–water partition coefficient (Wildman–Crippen LogP) is 4.46. The number of benzene rings is 2. The van der Waals surface area contributed by atoms with Crippen LogP contribution in [0.5, 0.6) is 0 Å². The molecule has 0 aliphatic rings. The van der Waals surface area contributed by atoms with Crippen LogP contribution in [0.4, 0.5) is 4.39 Å². The zero-order valence-corrected chi connectivity index (χ0v) is 15.7. The van der Waals surface area contributed by atoms with Gasteiger partial charge in [-0.15, -0.1) is 0 Å². The predicted molar refractivity (Wildman–Crippen MR) is 98.1 cm³/mol. The minimum atomic E-state index is -0.274. The maximum absolute atomic E-state index is 13.0. The summed E-state index contributed by atoms with van der Waals surface area (Å²) in [5, 5.41) is 3.25. The molecule has 2 aromatic rings. The van der Waals surface area contributed by atoms with Crippen LogP contribution in [0.2, 0.25) is 0 Å². The van der Waals surface area contributed by atoms with Gasteiger partial charge in [0.2, 0.25) is 5.91 Å². The Hall–Kier alpha value is -1.72. The lowest BCUT2D eigenvalue weighted by atomic mass is 10.1. The molecule has 1 N–H and O–H groups in total. The van der Waals surface area contributed by atoms with Crippen LogP contribution >= 0.6 is 15.9 Å². The smallest absolute Gasteiger partial charge is 0.236 e. The SMILES string of the molecule is CC(NCC(=O)N(C)C(C)c1ccc(F)cc1)c1ccccc1Br. The van der Waals surface area contributed by atoms with Gasteiger partial charge in [0.15, 0.2) is 0 Å². The first kappa shape index (κ1) is 18.6. The largest absolute Gasteiger partial charge is 0.338 e. The Labute approximate surface area is 151 Å². The molecule has 0 saturated heterocycles. The van der Waals surface area contributed by atoms with Crippen LogP contribution in [-0.2, 0) is 4.79 Å². The van der Waals surface area contributed by atoms with Crippen LogP contribution in [0.1, 0.15) is 37.1 Å². The van der Waals surface area contributed by atoms with Crippen LogP contribution < -0.4 is 5.32 Å². The summed E-state index contributed by atoms with van der Waals surface area (Å²) in [6.45, 7) is 4.20. The van der Waals surface area contributed by atoms with E-state index in [2.05, 4.69) is 21.2 Å². The molecular weight excluding hydrogens is 371 g/mol. The molecule has 0 heterocycles. The maximum atomic E-state index is 13.0. The van der Waals surface area contributed by atoms with Crippen LogP contribution in [-0.4, -0.2) is 24.4 Å². The molecule has 0 radical (unpaired) electrons. The molecule has 0 spiro atoms. The van der Waals surface area contributed by atoms with Crippen LogP contribution in [0.15, 0.2) is 53.0 Å². The first-order valence-electron chi connectivity index (χ1n) is 7.89. The molecule has 2 aromatic carbocycles. The fraction of sp³-hybridized carbons (Fsp3) is 0.316. The van der Waals surface area contributed by atoms with Crippen molar-refractivity contribution in [2.24, 2.45) is 0 Å². The summed E-state index contributed by atoms with van der Waals surface area (Å²) < 4.78 is 14.0. The fourth-order valence-corrected chi connectivity index (χ4v) is 3.11. The lowest BCUT2D eigenvalue weighted by Crippen LogP contribution is -2.38. The number of likely N-dealkylation sites (N-methyl/N-ethyl adjacent to an activating group) is 1. The number of carbonyl (C=O) groups is 1. The molecular formula is C19H22BrFN2O. The van der Waals surface area contributed by atoms with Gasteiger partial charge in [-0.2, -0.15) is 0 Å². The standard InChI is InChI=1S/C19H22BrFN2O/c1-13(17-6-4-5-7-18(17)20)22-12-19(24)23(3)14(2)15-8-10-16(21)11-9-15/h4-11,13-14,22H,12H2,1-3H3. The Morgan fingerprint density at radius 1 is 1.17 bits per heavy atom. The van der Waals surface area contributed by atoms with Gasteiger partial charge >= 0.3 is 0 Å². The highest BCUT2D eigenvalue weighted by Crippen LogP contribution is 2.23. The third-order valence-corrected chi connectivity index (χ3v) is 4.98. The molecule has 1 amide bonds. The van der Waals surface area contributed by atoms with E-state index >= 15 is 0 Å². The molecule has 0 bridgehead atoms. The second kappa shape index (κ2) is 8.40. The van der Waals surface area contributed by atoms with Gasteiger partial charge in [-0.05, 0) is 43.2 Å². The number of nitrogens with one attached hydrogen (secondary N) is 1. The minimum Gasteiger partial charge on any atom is -0.338 e. The number of nitrogens with zero attached hydrogens (tertiary/aromatic N) is 1. The molecule has 0 fully saturated rings. The van der Waals surface area contributed by atoms with Gasteiger partial charge in [-0.3, -0.25) is 4.79 Å². The van der Waals surface area contributed by atoms with Crippen molar-refractivity contribution < 1.29 is 9.18 Å². The van der Waals surface area contributed by atoms with Crippen molar-refractivity contribution in [1.29, 1.82) is 0 Å². The quantitative estimate of drug-likeness (QED) is 0.786. The summed E-state index contributed by atoms with van der Waals surface area (Å²) in [6.07, 6.45) is 0. The van der Waals surface area contributed by atoms with Gasteiger partial charge in [-0.1, -0.05) is 46.3 Å². The van der Waals surface area contributed by atoms with Crippen LogP contribution in [0, 0.1) is 5.82 Å². The topological polar surface area (TPSA) is 32.3 Å². The Bertz CT molecular complexity index is 690. The normalized spacial score (nSPS) is 13.4. The van der Waals surface area contributed by atoms with Crippen molar-refractivity contribution in [3.8, 4) is 0 Å². The van der Waals surface area contributed by atoms with Crippen molar-refractivity contribution in [3.63, 3.8) is 0 Å². The molecule has 0 aromatic heterocycles. The average molecular weight is 393 g/mol. The monoisotopic (exact) mass is 392 g/mol. The van der Waals surface area contributed by atoms with E-state index in [1.807, 2.05) is 38.1 Å². The summed E-state index contributed by atoms with van der Waals surface area (Å²) in [5.41, 5.74) is 2.02. The second-order valence-electron chi connectivity index (χ2n) is 5.86. The van der Waals surface area contributed by atoms with Crippen molar-refractivity contribution in [2.75, 3.05) is 13.6 Å². The molecule has 128 valence electrons. The number of hydrogen-bond donors (Lipinski definition) is 1. The molecule has 2 unspecified atom stereocenters. The van der Waals surface area contributed by atoms with Gasteiger partial charge in [0.25, 0.3) is 0 Å². The Balaban J connectivity index is 1.94. The van der Waals surface area contributed by atoms with E-state index in [4.69, 9.17) is 0 Å². The third kappa shape index (κ3) is 4.65. The average Bonchev–Trinajstić information content (AvgIpc) is 2.59. The molecule has 3 nitrogen and oxygen atoms in total. The number of amides is 1. The molecule has 0 aliphatic carbocycles. The first-order chi connectivity index (χ1) is 11.4. The summed E-state index contributed by atoms with van der Waals surface area (Å²) in [4.78, 5) is 14.1. The summed E-state index contributed by atoms with van der Waals surface area (Å²) in [5.74, 6) is -0.283. The van der Waals surface area contributed by atoms with Crippen molar-refractivity contribution in [1.82, 2.24) is 10.2 Å². The lowest BCUT2D eigenvalue weighted by Gasteiger charge is -2.26. The summed E-state index contributed by atoms with van der Waals surface area (Å²) in [6, 6.07) is 14.1. The van der Waals surface area contributed by atoms with Gasteiger partial charge in [0.05, 0.1) is 12.6 Å². The fourth-order valence-electron chi connectivity index (χ4n) is 2.48. The van der Waals surface area contributed by atoms with Gasteiger partial charge < -0.3 is 10.2 Å². The Kier molecular flexibility index (Phi) is 6.52. The van der Waals surface area contributed by atoms with E-state index in [1.165, 1.54) is 12.1 Å². The Morgan fingerprint density at radius 3 is 2.42 bits per heavy atom. The molecule has 5 heteroatoms. The lowest BCUT2D eigenvalue weighted by molar-refractivity contribution is -0.131. The van der Waals surface area contributed by atoms with Gasteiger partial charge in [0, 0.05) is 17.6 Å². The van der Waals surface area contributed by atoms with Crippen LogP contribution in [0.3, 0.4) is 0 Å². The molecule has 0 saturated carbocycles. The highest BCUT2D eigenvalue weighted by atomic mass is 79.9. The van der Waals surface area contributed by atoms with Crippen molar-refractivity contribution in [3.05, 3.63) is 69.9 Å². The highest BCUT2D eigenvalue weighted by Gasteiger charge is 2.18. The summed E-state index contributed by atoms with van der Waals surface area (Å²) in [7, 11) is 1.77. The number of rotatable bonds is 6. The molecule has 2 atom stereocenters. The van der Waals surface area contributed by atoms with E-state index < -0.39 is 0 Å². The number of hydrogen-bond acceptors (Lipinski definition) is 2. The van der Waals surface area contributed by atoms with Gasteiger partial charge in [0.1, 0.15) is 5.82 Å². The van der Waals surface area contributed by atoms with E-state index in [0.29, 0.717) is 0 Å². The number of carbonyl (C=O) groups excluding carboxylic acids is 1. The number of halogens is 2. The van der Waals surface area contributed by atoms with Gasteiger partial charge in [-0.25, -0.2) is 4.39 Å². The first-order valence-corrected chi connectivity index (χ1v) is 8.68.